The van der Waals surface area contributed by atoms with Crippen molar-refractivity contribution in [2.75, 3.05) is 26.4 Å². The molecule has 5 aliphatic carbocycles. The van der Waals surface area contributed by atoms with Crippen LogP contribution in [0.5, 0.6) is 0 Å². The average molecular weight is 975 g/mol. The maximum absolute atomic E-state index is 15.3. The van der Waals surface area contributed by atoms with Gasteiger partial charge in [0.2, 0.25) is 6.29 Å². The summed E-state index contributed by atoms with van der Waals surface area (Å²) in [4.78, 5) is 15.3. The quantitative estimate of drug-likeness (QED) is 0.0839. The topological polar surface area (TPSA) is 335 Å². The van der Waals surface area contributed by atoms with Gasteiger partial charge in [-0.3, -0.25) is 4.79 Å². The normalized spacial score (nSPS) is 54.6. The van der Waals surface area contributed by atoms with E-state index in [4.69, 9.17) is 28.4 Å². The summed E-state index contributed by atoms with van der Waals surface area (Å²) in [6.07, 6.45) is -21.4. The lowest BCUT2D eigenvalue weighted by Crippen LogP contribution is -2.68. The van der Waals surface area contributed by atoms with Crippen LogP contribution in [0.3, 0.4) is 0 Å². The van der Waals surface area contributed by atoms with Gasteiger partial charge in [0, 0.05) is 5.41 Å². The highest BCUT2D eigenvalue weighted by atomic mass is 16.8. The fourth-order valence-electron chi connectivity index (χ4n) is 15.1. The lowest BCUT2D eigenvalue weighted by Gasteiger charge is -2.71. The van der Waals surface area contributed by atoms with Gasteiger partial charge in [-0.25, -0.2) is 0 Å². The van der Waals surface area contributed by atoms with E-state index in [0.717, 1.165) is 18.4 Å². The van der Waals surface area contributed by atoms with E-state index in [1.165, 1.54) is 0 Å². The molecule has 0 bridgehead atoms. The Kier molecular flexibility index (Phi) is 14.6. The summed E-state index contributed by atoms with van der Waals surface area (Å²) in [6, 6.07) is 0. The number of ether oxygens (including phenoxy) is 6. The van der Waals surface area contributed by atoms with E-state index in [-0.39, 0.29) is 35.2 Å². The molecular formula is C48H78O20. The molecule has 13 N–H and O–H groups in total. The van der Waals surface area contributed by atoms with Gasteiger partial charge in [0.05, 0.1) is 44.1 Å². The Morgan fingerprint density at radius 2 is 1.15 bits per heavy atom. The summed E-state index contributed by atoms with van der Waals surface area (Å²) in [5, 5.41) is 140. The number of carbonyl (C=O) groups is 1. The minimum atomic E-state index is -1.98. The zero-order chi connectivity index (χ0) is 49.8. The number of rotatable bonds is 10. The zero-order valence-electron chi connectivity index (χ0n) is 40.0. The summed E-state index contributed by atoms with van der Waals surface area (Å²) in [6.45, 7) is 10.3. The fourth-order valence-corrected chi connectivity index (χ4v) is 15.1. The standard InChI is InChI=1S/C48H78O20/c1-43(2)11-13-48(14-12-46(5)21(22(48)15-43)7-8-28-44(3)16-23(53)38(61)45(4,20-52)27(44)9-10-47(28,46)6)42(62)68-41-37(34(59)31(56)26(19-51)65-41)67-40-36(33(58)30(55)25(18-50)64-40)66-39-35(60)32(57)29(54)24(17-49)63-39/h7,22-41,49-61H,8-20H2,1-6H3/t22-,23+,24+,25+,26+,27+,28+,29+,30+,31+,32-,33-,34-,35+,36+,37+,38+,39-,40-,41-,44-,45+,46+,47+,48-/m0/s1. The molecule has 8 rings (SSSR count). The van der Waals surface area contributed by atoms with Gasteiger partial charge < -0.3 is 94.8 Å². The summed E-state index contributed by atoms with van der Waals surface area (Å²) >= 11 is 0. The van der Waals surface area contributed by atoms with Crippen LogP contribution in [0.25, 0.3) is 0 Å². The minimum Gasteiger partial charge on any atom is -0.432 e. The maximum Gasteiger partial charge on any atom is 0.315 e. The smallest absolute Gasteiger partial charge is 0.315 e. The third-order valence-corrected chi connectivity index (χ3v) is 19.4. The van der Waals surface area contributed by atoms with Crippen molar-refractivity contribution in [1.82, 2.24) is 0 Å². The largest absolute Gasteiger partial charge is 0.432 e. The van der Waals surface area contributed by atoms with Crippen molar-refractivity contribution in [1.29, 1.82) is 0 Å². The van der Waals surface area contributed by atoms with Crippen LogP contribution in [-0.2, 0) is 33.2 Å². The molecule has 68 heavy (non-hydrogen) atoms. The highest BCUT2D eigenvalue weighted by molar-refractivity contribution is 5.79. The van der Waals surface area contributed by atoms with Gasteiger partial charge in [-0.2, -0.15) is 0 Å². The van der Waals surface area contributed by atoms with Crippen molar-refractivity contribution in [2.24, 2.45) is 50.2 Å². The average Bonchev–Trinajstić information content (AvgIpc) is 3.29. The van der Waals surface area contributed by atoms with Crippen LogP contribution in [0.2, 0.25) is 0 Å². The first-order valence-corrected chi connectivity index (χ1v) is 24.6. The van der Waals surface area contributed by atoms with Crippen LogP contribution >= 0.6 is 0 Å². The Morgan fingerprint density at radius 3 is 1.74 bits per heavy atom. The molecular weight excluding hydrogens is 897 g/mol. The van der Waals surface area contributed by atoms with E-state index >= 15 is 4.79 Å². The number of allylic oxidation sites excluding steroid dienone is 2. The molecule has 0 radical (unpaired) electrons. The monoisotopic (exact) mass is 975 g/mol. The molecule has 0 aromatic carbocycles. The molecule has 0 aromatic rings. The summed E-state index contributed by atoms with van der Waals surface area (Å²) < 4.78 is 35.7. The molecule has 20 nitrogen and oxygen atoms in total. The van der Waals surface area contributed by atoms with Gasteiger partial charge in [-0.15, -0.1) is 0 Å². The van der Waals surface area contributed by atoms with E-state index in [0.29, 0.717) is 44.9 Å². The van der Waals surface area contributed by atoms with Crippen molar-refractivity contribution in [3.8, 4) is 0 Å². The Labute approximate surface area is 396 Å². The van der Waals surface area contributed by atoms with Crippen LogP contribution in [0.15, 0.2) is 11.6 Å². The molecule has 3 heterocycles. The Morgan fingerprint density at radius 1 is 0.618 bits per heavy atom. The van der Waals surface area contributed by atoms with E-state index in [1.807, 2.05) is 6.92 Å². The van der Waals surface area contributed by atoms with E-state index in [9.17, 15) is 66.4 Å². The van der Waals surface area contributed by atoms with Crippen molar-refractivity contribution < 1.29 is 99.6 Å². The van der Waals surface area contributed by atoms with Crippen molar-refractivity contribution in [3.05, 3.63) is 11.6 Å². The van der Waals surface area contributed by atoms with Gasteiger partial charge in [0.25, 0.3) is 0 Å². The lowest BCUT2D eigenvalue weighted by molar-refractivity contribution is -0.391. The number of hydrogen-bond donors (Lipinski definition) is 13. The molecule has 7 fully saturated rings. The molecule has 390 valence electrons. The molecule has 0 aromatic heterocycles. The summed E-state index contributed by atoms with van der Waals surface area (Å²) in [5.41, 5.74) is -2.13. The van der Waals surface area contributed by atoms with Crippen LogP contribution in [0.4, 0.5) is 0 Å². The molecule has 8 aliphatic rings. The number of hydrogen-bond acceptors (Lipinski definition) is 20. The van der Waals surface area contributed by atoms with Crippen LogP contribution in [-0.4, -0.2) is 203 Å². The number of aliphatic hydroxyl groups is 13. The molecule has 3 saturated heterocycles. The molecule has 3 aliphatic heterocycles. The van der Waals surface area contributed by atoms with Crippen molar-refractivity contribution in [3.63, 3.8) is 0 Å². The third-order valence-electron chi connectivity index (χ3n) is 19.4. The predicted molar refractivity (Wildman–Crippen MR) is 233 cm³/mol. The second-order valence-corrected chi connectivity index (χ2v) is 23.5. The molecule has 4 saturated carbocycles. The van der Waals surface area contributed by atoms with Crippen LogP contribution < -0.4 is 0 Å². The molecule has 0 unspecified atom stereocenters. The number of aliphatic hydroxyl groups excluding tert-OH is 13. The van der Waals surface area contributed by atoms with E-state index in [2.05, 4.69) is 40.7 Å². The Bertz CT molecular complexity index is 1850. The zero-order valence-corrected chi connectivity index (χ0v) is 40.0. The van der Waals surface area contributed by atoms with Crippen LogP contribution in [0, 0.1) is 50.2 Å². The third kappa shape index (κ3) is 8.07. The highest BCUT2D eigenvalue weighted by Crippen LogP contribution is 2.76. The second-order valence-electron chi connectivity index (χ2n) is 23.5. The van der Waals surface area contributed by atoms with Gasteiger partial charge >= 0.3 is 5.97 Å². The first-order valence-electron chi connectivity index (χ1n) is 24.6. The van der Waals surface area contributed by atoms with Gasteiger partial charge in [0.15, 0.2) is 18.7 Å². The Hall–Kier alpha value is -1.51. The number of fused-ring (bicyclic) bond motifs is 7. The number of carbonyl (C=O) groups excluding carboxylic acids is 1. The predicted octanol–water partition coefficient (Wildman–Crippen LogP) is -1.92. The molecule has 0 spiro atoms. The number of esters is 1. The van der Waals surface area contributed by atoms with Crippen molar-refractivity contribution >= 4 is 5.97 Å². The lowest BCUT2D eigenvalue weighted by atomic mass is 9.33. The first kappa shape index (κ1) is 52.8. The van der Waals surface area contributed by atoms with E-state index < -0.39 is 152 Å². The Balaban J connectivity index is 1.10. The van der Waals surface area contributed by atoms with E-state index in [1.54, 1.807) is 0 Å². The molecule has 20 heteroatoms. The van der Waals surface area contributed by atoms with Gasteiger partial charge in [-0.05, 0) is 97.2 Å². The second kappa shape index (κ2) is 18.8. The molecule has 25 atom stereocenters. The fraction of sp³-hybridized carbons (Fsp3) is 0.938. The first-order chi connectivity index (χ1) is 31.8. The summed E-state index contributed by atoms with van der Waals surface area (Å²) in [7, 11) is 0. The highest BCUT2D eigenvalue weighted by Gasteiger charge is 2.71. The summed E-state index contributed by atoms with van der Waals surface area (Å²) in [5.74, 6) is -0.924. The van der Waals surface area contributed by atoms with Gasteiger partial charge in [-0.1, -0.05) is 53.2 Å². The molecule has 0 amide bonds. The van der Waals surface area contributed by atoms with Crippen molar-refractivity contribution in [2.45, 2.75) is 204 Å². The maximum atomic E-state index is 15.3. The minimum absolute atomic E-state index is 0.0417. The SMILES string of the molecule is CC1(C)CC[C@]2(C(=O)O[C@@H]3O[C@H](CO)[C@@H](O)[C@H](O)[C@H]3O[C@@H]3O[C@H](CO)[C@@H](O)[C@H](O)[C@H]3O[C@@H]3O[C@H](CO)[C@@H](O)[C@H](O)[C@H]3O)CC[C@]3(C)C(=CC[C@@H]4[C@@]5(C)C[C@@H](O)[C@@H](O)[C@](C)(CO)[C@@H]5CC[C@]43C)[C@@H]2C1. The van der Waals surface area contributed by atoms with Gasteiger partial charge in [0.1, 0.15) is 67.1 Å². The van der Waals surface area contributed by atoms with Crippen LogP contribution in [0.1, 0.15) is 99.3 Å².